The normalized spacial score (nSPS) is 11.2. The Hall–Kier alpha value is -3.12. The van der Waals surface area contributed by atoms with Gasteiger partial charge in [-0.1, -0.05) is 68.3 Å². The van der Waals surface area contributed by atoms with Crippen LogP contribution < -0.4 is 9.62 Å². The minimum Gasteiger partial charge on any atom is -0.352 e. The van der Waals surface area contributed by atoms with E-state index in [1.54, 1.807) is 42.5 Å². The van der Waals surface area contributed by atoms with Crippen molar-refractivity contribution in [3.63, 3.8) is 0 Å². The van der Waals surface area contributed by atoms with Crippen molar-refractivity contribution < 1.29 is 13.2 Å². The lowest BCUT2D eigenvalue weighted by Crippen LogP contribution is -2.34. The van der Waals surface area contributed by atoms with Gasteiger partial charge in [-0.15, -0.1) is 0 Å². The monoisotopic (exact) mass is 464 g/mol. The molecule has 0 heterocycles. The fourth-order valence-electron chi connectivity index (χ4n) is 3.63. The predicted molar refractivity (Wildman–Crippen MR) is 134 cm³/mol. The first-order chi connectivity index (χ1) is 16.0. The molecule has 0 aromatic heterocycles. The minimum absolute atomic E-state index is 0.146. The third-order valence-corrected chi connectivity index (χ3v) is 7.33. The highest BCUT2D eigenvalue weighted by Crippen LogP contribution is 2.23. The number of carbonyl (C=O) groups is 1. The molecule has 0 fully saturated rings. The van der Waals surface area contributed by atoms with Crippen molar-refractivity contribution in [3.8, 4) is 0 Å². The Morgan fingerprint density at radius 2 is 1.45 bits per heavy atom. The third kappa shape index (κ3) is 6.93. The van der Waals surface area contributed by atoms with E-state index in [-0.39, 0.29) is 17.3 Å². The van der Waals surface area contributed by atoms with Crippen molar-refractivity contribution in [2.75, 3.05) is 17.4 Å². The number of anilines is 1. The fraction of sp³-hybridized carbons (Fsp3) is 0.296. The number of para-hydroxylation sites is 1. The van der Waals surface area contributed by atoms with Crippen LogP contribution >= 0.6 is 0 Å². The van der Waals surface area contributed by atoms with Crippen LogP contribution in [0, 0.1) is 0 Å². The highest BCUT2D eigenvalue weighted by atomic mass is 32.2. The zero-order chi connectivity index (χ0) is 23.5. The van der Waals surface area contributed by atoms with Crippen LogP contribution in [0.4, 0.5) is 5.69 Å². The second-order valence-electron chi connectivity index (χ2n) is 7.99. The van der Waals surface area contributed by atoms with Gasteiger partial charge in [0.25, 0.3) is 15.9 Å². The lowest BCUT2D eigenvalue weighted by molar-refractivity contribution is 0.0953. The van der Waals surface area contributed by atoms with Crippen molar-refractivity contribution in [1.82, 2.24) is 5.32 Å². The van der Waals surface area contributed by atoms with Gasteiger partial charge in [-0.3, -0.25) is 9.10 Å². The molecule has 3 aromatic carbocycles. The van der Waals surface area contributed by atoms with Crippen LogP contribution in [0.15, 0.2) is 89.8 Å². The third-order valence-electron chi connectivity index (χ3n) is 5.48. The summed E-state index contributed by atoms with van der Waals surface area (Å²) in [4.78, 5) is 12.8. The Morgan fingerprint density at radius 1 is 0.818 bits per heavy atom. The van der Waals surface area contributed by atoms with Gasteiger partial charge in [0.05, 0.1) is 10.6 Å². The molecule has 0 radical (unpaired) electrons. The van der Waals surface area contributed by atoms with Gasteiger partial charge in [-0.25, -0.2) is 8.42 Å². The topological polar surface area (TPSA) is 66.5 Å². The van der Waals surface area contributed by atoms with E-state index in [1.807, 2.05) is 42.5 Å². The minimum atomic E-state index is -3.70. The molecule has 1 N–H and O–H groups in total. The van der Waals surface area contributed by atoms with Crippen molar-refractivity contribution in [1.29, 1.82) is 0 Å². The number of carbonyl (C=O) groups excluding carboxylic acids is 1. The van der Waals surface area contributed by atoms with Crippen LogP contribution in [0.25, 0.3) is 0 Å². The molecule has 33 heavy (non-hydrogen) atoms. The number of benzene rings is 3. The lowest BCUT2D eigenvalue weighted by atomic mass is 10.1. The fourth-order valence-corrected chi connectivity index (χ4v) is 5.15. The summed E-state index contributed by atoms with van der Waals surface area (Å²) in [7, 11) is -3.70. The van der Waals surface area contributed by atoms with E-state index >= 15 is 0 Å². The van der Waals surface area contributed by atoms with Crippen LogP contribution in [0.5, 0.6) is 0 Å². The summed E-state index contributed by atoms with van der Waals surface area (Å²) in [5.41, 5.74) is 2.46. The zero-order valence-electron chi connectivity index (χ0n) is 19.1. The Balaban J connectivity index is 1.59. The average Bonchev–Trinajstić information content (AvgIpc) is 2.85. The smallest absolute Gasteiger partial charge is 0.264 e. The van der Waals surface area contributed by atoms with Gasteiger partial charge in [0.15, 0.2) is 0 Å². The Morgan fingerprint density at radius 3 is 2.09 bits per heavy atom. The van der Waals surface area contributed by atoms with E-state index in [1.165, 1.54) is 22.7 Å². The lowest BCUT2D eigenvalue weighted by Gasteiger charge is -2.24. The van der Waals surface area contributed by atoms with Gasteiger partial charge in [0.2, 0.25) is 0 Å². The van der Waals surface area contributed by atoms with E-state index < -0.39 is 10.0 Å². The number of nitrogens with one attached hydrogen (secondary N) is 1. The molecule has 6 heteroatoms. The summed E-state index contributed by atoms with van der Waals surface area (Å²) >= 11 is 0. The van der Waals surface area contributed by atoms with Crippen LogP contribution in [0.3, 0.4) is 0 Å². The van der Waals surface area contributed by atoms with Crippen LogP contribution in [0.1, 0.15) is 48.5 Å². The van der Waals surface area contributed by atoms with E-state index in [4.69, 9.17) is 0 Å². The van der Waals surface area contributed by atoms with Crippen molar-refractivity contribution >= 4 is 21.6 Å². The molecule has 0 saturated heterocycles. The van der Waals surface area contributed by atoms with E-state index in [0.29, 0.717) is 24.2 Å². The summed E-state index contributed by atoms with van der Waals surface area (Å²) in [6.07, 6.45) is 5.08. The van der Waals surface area contributed by atoms with Crippen molar-refractivity contribution in [3.05, 3.63) is 96.1 Å². The molecular weight excluding hydrogens is 432 g/mol. The summed E-state index contributed by atoms with van der Waals surface area (Å²) in [6, 6.07) is 25.2. The number of hydrogen-bond acceptors (Lipinski definition) is 3. The highest BCUT2D eigenvalue weighted by molar-refractivity contribution is 7.92. The number of rotatable bonds is 12. The van der Waals surface area contributed by atoms with E-state index in [9.17, 15) is 13.2 Å². The molecule has 0 saturated carbocycles. The Bertz CT molecular complexity index is 1100. The largest absolute Gasteiger partial charge is 0.352 e. The number of hydrogen-bond donors (Lipinski definition) is 1. The summed E-state index contributed by atoms with van der Waals surface area (Å²) < 4.78 is 27.9. The molecule has 0 aliphatic heterocycles. The van der Waals surface area contributed by atoms with Gasteiger partial charge in [-0.2, -0.15) is 0 Å². The van der Waals surface area contributed by atoms with Gasteiger partial charge >= 0.3 is 0 Å². The zero-order valence-corrected chi connectivity index (χ0v) is 19.9. The molecule has 0 unspecified atom stereocenters. The molecule has 0 aliphatic carbocycles. The number of sulfonamides is 1. The quantitative estimate of drug-likeness (QED) is 0.363. The predicted octanol–water partition coefficient (Wildman–Crippen LogP) is 5.43. The van der Waals surface area contributed by atoms with Gasteiger partial charge in [0, 0.05) is 18.7 Å². The Kier molecular flexibility index (Phi) is 9.07. The first-order valence-corrected chi connectivity index (χ1v) is 13.0. The van der Waals surface area contributed by atoms with Crippen LogP contribution in [0.2, 0.25) is 0 Å². The van der Waals surface area contributed by atoms with Gasteiger partial charge in [-0.05, 0) is 61.2 Å². The molecule has 0 bridgehead atoms. The molecule has 0 aliphatic rings. The van der Waals surface area contributed by atoms with E-state index in [0.717, 1.165) is 12.8 Å². The van der Waals surface area contributed by atoms with Gasteiger partial charge < -0.3 is 5.32 Å². The maximum Gasteiger partial charge on any atom is 0.264 e. The van der Waals surface area contributed by atoms with Crippen molar-refractivity contribution in [2.24, 2.45) is 0 Å². The van der Waals surface area contributed by atoms with E-state index in [2.05, 4.69) is 12.2 Å². The summed E-state index contributed by atoms with van der Waals surface area (Å²) in [6.45, 7) is 2.83. The molecule has 174 valence electrons. The number of aryl methyl sites for hydroxylation is 1. The van der Waals surface area contributed by atoms with Crippen molar-refractivity contribution in [2.45, 2.75) is 43.9 Å². The molecule has 3 aromatic rings. The molecule has 5 nitrogen and oxygen atoms in total. The second kappa shape index (κ2) is 12.2. The second-order valence-corrected chi connectivity index (χ2v) is 9.85. The number of amides is 1. The first-order valence-electron chi connectivity index (χ1n) is 11.5. The molecule has 1 amide bonds. The summed E-state index contributed by atoms with van der Waals surface area (Å²) in [5, 5.41) is 2.91. The number of nitrogens with zero attached hydrogens (tertiary/aromatic N) is 1. The van der Waals surface area contributed by atoms with Gasteiger partial charge in [0.1, 0.15) is 0 Å². The SMILES string of the molecule is CCCCCc1ccc(C(=O)NCCCN(c2ccccc2)S(=O)(=O)c2ccccc2)cc1. The maximum atomic E-state index is 13.2. The van der Waals surface area contributed by atoms with Crippen LogP contribution in [-0.4, -0.2) is 27.4 Å². The summed E-state index contributed by atoms with van der Waals surface area (Å²) in [5.74, 6) is -0.146. The molecule has 0 spiro atoms. The molecule has 0 atom stereocenters. The Labute approximate surface area is 197 Å². The molecular formula is C27H32N2O3S. The maximum absolute atomic E-state index is 13.2. The molecule has 3 rings (SSSR count). The number of unbranched alkanes of at least 4 members (excludes halogenated alkanes) is 2. The first kappa shape index (κ1) is 24.5. The highest BCUT2D eigenvalue weighted by Gasteiger charge is 2.24. The average molecular weight is 465 g/mol. The standard InChI is InChI=1S/C27H32N2O3S/c1-2-3-6-12-23-17-19-24(20-18-23)27(30)28-21-11-22-29(25-13-7-4-8-14-25)33(31,32)26-15-9-5-10-16-26/h4-5,7-10,13-20H,2-3,6,11-12,21-22H2,1H3,(H,28,30). The van der Waals surface area contributed by atoms with Crippen LogP contribution in [-0.2, 0) is 16.4 Å².